The first-order chi connectivity index (χ1) is 15.0. The van der Waals surface area contributed by atoms with Crippen LogP contribution in [-0.4, -0.2) is 43.6 Å². The first-order valence-corrected chi connectivity index (χ1v) is 12.2. The van der Waals surface area contributed by atoms with Crippen molar-refractivity contribution in [1.29, 1.82) is 0 Å². The van der Waals surface area contributed by atoms with Crippen molar-refractivity contribution in [2.24, 2.45) is 0 Å². The van der Waals surface area contributed by atoms with E-state index in [9.17, 15) is 4.79 Å². The van der Waals surface area contributed by atoms with Crippen LogP contribution < -0.4 is 5.32 Å². The molecule has 0 bridgehead atoms. The molecule has 31 heavy (non-hydrogen) atoms. The van der Waals surface area contributed by atoms with Gasteiger partial charge in [0.2, 0.25) is 0 Å². The highest BCUT2D eigenvalue weighted by Crippen LogP contribution is 2.33. The van der Waals surface area contributed by atoms with Crippen LogP contribution in [0, 0.1) is 6.92 Å². The summed E-state index contributed by atoms with van der Waals surface area (Å²) in [6.07, 6.45) is 8.58. The Kier molecular flexibility index (Phi) is 6.60. The molecule has 0 aliphatic heterocycles. The molecule has 0 spiro atoms. The fourth-order valence-corrected chi connectivity index (χ4v) is 4.85. The highest BCUT2D eigenvalue weighted by atomic mass is 32.2. The number of nitrogens with one attached hydrogen (secondary N) is 1. The van der Waals surface area contributed by atoms with Crippen LogP contribution in [-0.2, 0) is 6.42 Å². The zero-order valence-electron chi connectivity index (χ0n) is 18.6. The molecule has 1 aliphatic rings. The van der Waals surface area contributed by atoms with Crippen molar-refractivity contribution >= 4 is 28.8 Å². The quantitative estimate of drug-likeness (QED) is 0.406. The monoisotopic (exact) mass is 442 g/mol. The van der Waals surface area contributed by atoms with E-state index in [2.05, 4.69) is 30.2 Å². The van der Waals surface area contributed by atoms with Crippen LogP contribution in [0.1, 0.15) is 85.5 Å². The molecule has 0 aromatic carbocycles. The number of pyridine rings is 1. The van der Waals surface area contributed by atoms with E-state index in [-0.39, 0.29) is 11.8 Å². The van der Waals surface area contributed by atoms with Gasteiger partial charge in [-0.05, 0) is 44.4 Å². The zero-order valence-corrected chi connectivity index (χ0v) is 19.5. The molecule has 4 rings (SSSR count). The van der Waals surface area contributed by atoms with Crippen molar-refractivity contribution in [1.82, 2.24) is 30.2 Å². The Morgan fingerprint density at radius 2 is 2.10 bits per heavy atom. The zero-order chi connectivity index (χ0) is 22.0. The number of carbonyl (C=O) groups is 1. The minimum Gasteiger partial charge on any atom is -0.352 e. The Bertz CT molecular complexity index is 1070. The fourth-order valence-electron chi connectivity index (χ4n) is 4.28. The maximum absolute atomic E-state index is 13.0. The van der Waals surface area contributed by atoms with Crippen molar-refractivity contribution in [2.75, 3.05) is 12.8 Å². The van der Waals surface area contributed by atoms with E-state index >= 15 is 0 Å². The fraction of sp³-hybridized carbons (Fsp3) is 0.591. The largest absolute Gasteiger partial charge is 0.352 e. The van der Waals surface area contributed by atoms with Crippen molar-refractivity contribution in [3.63, 3.8) is 0 Å². The Morgan fingerprint density at radius 3 is 2.81 bits per heavy atom. The van der Waals surface area contributed by atoms with Gasteiger partial charge in [-0.1, -0.05) is 43.6 Å². The van der Waals surface area contributed by atoms with Gasteiger partial charge in [-0.15, -0.1) is 10.2 Å². The number of carbonyl (C=O) groups excluding carboxylic acids is 1. The number of amides is 1. The highest BCUT2D eigenvalue weighted by molar-refractivity contribution is 7.98. The van der Waals surface area contributed by atoms with Gasteiger partial charge in [0.25, 0.3) is 11.6 Å². The van der Waals surface area contributed by atoms with E-state index in [1.807, 2.05) is 33.1 Å². The number of nitrogens with zero attached hydrogens (tertiary/aromatic N) is 5. The Balaban J connectivity index is 1.43. The molecule has 1 fully saturated rings. The summed E-state index contributed by atoms with van der Waals surface area (Å²) in [5.74, 6) is 1.09. The number of hydrogen-bond donors (Lipinski definition) is 1. The molecule has 1 saturated carbocycles. The Hall–Kier alpha value is -2.42. The average Bonchev–Trinajstić information content (AvgIpc) is 3.50. The maximum Gasteiger partial charge on any atom is 0.259 e. The van der Waals surface area contributed by atoms with Crippen LogP contribution in [0.4, 0.5) is 0 Å². The van der Waals surface area contributed by atoms with Gasteiger partial charge in [-0.2, -0.15) is 0 Å². The third-order valence-electron chi connectivity index (χ3n) is 5.94. The van der Waals surface area contributed by atoms with E-state index in [4.69, 9.17) is 4.52 Å². The molecule has 3 heterocycles. The summed E-state index contributed by atoms with van der Waals surface area (Å²) in [5.41, 5.74) is 2.50. The predicted octanol–water partition coefficient (Wildman–Crippen LogP) is 4.45. The van der Waals surface area contributed by atoms with E-state index in [1.54, 1.807) is 11.8 Å². The molecule has 3 aromatic heterocycles. The number of aryl methyl sites for hydroxylation is 2. The van der Waals surface area contributed by atoms with Crippen molar-refractivity contribution in [2.45, 2.75) is 76.4 Å². The number of rotatable bonds is 8. The lowest BCUT2D eigenvalue weighted by Gasteiger charge is -2.16. The van der Waals surface area contributed by atoms with Gasteiger partial charge in [0.05, 0.1) is 16.6 Å². The molecular weight excluding hydrogens is 412 g/mol. The van der Waals surface area contributed by atoms with Crippen LogP contribution in [0.3, 0.4) is 0 Å². The van der Waals surface area contributed by atoms with Crippen LogP contribution in [0.2, 0.25) is 0 Å². The van der Waals surface area contributed by atoms with Gasteiger partial charge < -0.3 is 14.4 Å². The lowest BCUT2D eigenvalue weighted by Crippen LogP contribution is -2.25. The summed E-state index contributed by atoms with van der Waals surface area (Å²) in [4.78, 5) is 17.5. The standard InChI is InChI=1S/C22H30N6O2S/c1-13(2)17-12-16(19-14(3)27-30-21(19)24-17)20(29)23-11-7-10-18-25-26-22(31-4)28(18)15-8-5-6-9-15/h12-13,15H,5-11H2,1-4H3,(H,23,29). The normalized spacial score (nSPS) is 14.7. The van der Waals surface area contributed by atoms with Crippen molar-refractivity contribution in [3.05, 3.63) is 28.8 Å². The molecule has 166 valence electrons. The van der Waals surface area contributed by atoms with Crippen LogP contribution >= 0.6 is 11.8 Å². The summed E-state index contributed by atoms with van der Waals surface area (Å²) in [6.45, 7) is 6.49. The lowest BCUT2D eigenvalue weighted by atomic mass is 10.0. The summed E-state index contributed by atoms with van der Waals surface area (Å²) in [5, 5.41) is 17.5. The minimum atomic E-state index is -0.123. The summed E-state index contributed by atoms with van der Waals surface area (Å²) in [7, 11) is 0. The number of hydrogen-bond acceptors (Lipinski definition) is 7. The second kappa shape index (κ2) is 9.38. The maximum atomic E-state index is 13.0. The van der Waals surface area contributed by atoms with E-state index in [1.165, 1.54) is 25.7 Å². The smallest absolute Gasteiger partial charge is 0.259 e. The van der Waals surface area contributed by atoms with Gasteiger partial charge in [0.15, 0.2) is 5.16 Å². The third kappa shape index (κ3) is 4.46. The Morgan fingerprint density at radius 1 is 1.32 bits per heavy atom. The summed E-state index contributed by atoms with van der Waals surface area (Å²) >= 11 is 1.65. The predicted molar refractivity (Wildman–Crippen MR) is 121 cm³/mol. The van der Waals surface area contributed by atoms with Gasteiger partial charge in [-0.25, -0.2) is 4.98 Å². The van der Waals surface area contributed by atoms with Crippen LogP contribution in [0.15, 0.2) is 15.7 Å². The van der Waals surface area contributed by atoms with Crippen LogP contribution in [0.5, 0.6) is 0 Å². The second-order valence-corrected chi connectivity index (χ2v) is 9.24. The second-order valence-electron chi connectivity index (χ2n) is 8.47. The third-order valence-corrected chi connectivity index (χ3v) is 6.59. The number of aromatic nitrogens is 5. The molecule has 1 aliphatic carbocycles. The lowest BCUT2D eigenvalue weighted by molar-refractivity contribution is 0.0954. The minimum absolute atomic E-state index is 0.123. The molecule has 3 aromatic rings. The molecule has 9 heteroatoms. The molecule has 0 radical (unpaired) electrons. The molecular formula is C22H30N6O2S. The Labute approximate surface area is 186 Å². The average molecular weight is 443 g/mol. The van der Waals surface area contributed by atoms with Crippen LogP contribution in [0.25, 0.3) is 11.1 Å². The molecule has 1 N–H and O–H groups in total. The van der Waals surface area contributed by atoms with E-state index < -0.39 is 0 Å². The first-order valence-electron chi connectivity index (χ1n) is 11.0. The van der Waals surface area contributed by atoms with E-state index in [0.29, 0.717) is 34.9 Å². The SMILES string of the molecule is CSc1nnc(CCCNC(=O)c2cc(C(C)C)nc3onc(C)c23)n1C1CCCC1. The van der Waals surface area contributed by atoms with Gasteiger partial charge in [-0.3, -0.25) is 4.79 Å². The highest BCUT2D eigenvalue weighted by Gasteiger charge is 2.24. The molecule has 1 amide bonds. The molecule has 8 nitrogen and oxygen atoms in total. The molecule has 0 atom stereocenters. The van der Waals surface area contributed by atoms with Crippen molar-refractivity contribution < 1.29 is 9.32 Å². The topological polar surface area (TPSA) is 98.7 Å². The summed E-state index contributed by atoms with van der Waals surface area (Å²) in [6, 6.07) is 2.37. The van der Waals surface area contributed by atoms with Gasteiger partial charge in [0, 0.05) is 24.7 Å². The van der Waals surface area contributed by atoms with Crippen molar-refractivity contribution in [3.8, 4) is 0 Å². The number of thioether (sulfide) groups is 1. The van der Waals surface area contributed by atoms with Gasteiger partial charge in [0.1, 0.15) is 5.82 Å². The molecule has 0 unspecified atom stereocenters. The molecule has 0 saturated heterocycles. The number of fused-ring (bicyclic) bond motifs is 1. The van der Waals surface area contributed by atoms with Gasteiger partial charge >= 0.3 is 0 Å². The summed E-state index contributed by atoms with van der Waals surface area (Å²) < 4.78 is 7.65. The first kappa shape index (κ1) is 21.8. The van der Waals surface area contributed by atoms with E-state index in [0.717, 1.165) is 29.5 Å².